The first-order valence-corrected chi connectivity index (χ1v) is 10.4. The average Bonchev–Trinajstić information content (AvgIpc) is 3.21. The van der Waals surface area contributed by atoms with Crippen molar-refractivity contribution in [1.29, 1.82) is 0 Å². The van der Waals surface area contributed by atoms with Gasteiger partial charge in [0.25, 0.3) is 0 Å². The molecule has 0 radical (unpaired) electrons. The van der Waals surface area contributed by atoms with Gasteiger partial charge in [-0.2, -0.15) is 0 Å². The van der Waals surface area contributed by atoms with Gasteiger partial charge in [-0.15, -0.1) is 0 Å². The van der Waals surface area contributed by atoms with Crippen molar-refractivity contribution < 1.29 is 0 Å². The molecule has 28 heavy (non-hydrogen) atoms. The zero-order chi connectivity index (χ0) is 18.5. The van der Waals surface area contributed by atoms with Crippen molar-refractivity contribution in [2.75, 3.05) is 0 Å². The Balaban J connectivity index is 1.62. The van der Waals surface area contributed by atoms with Gasteiger partial charge in [0.1, 0.15) is 0 Å². The number of benzene rings is 4. The van der Waals surface area contributed by atoms with Crippen LogP contribution in [0.3, 0.4) is 0 Å². The van der Waals surface area contributed by atoms with Crippen molar-refractivity contribution in [1.82, 2.24) is 4.98 Å². The van der Waals surface area contributed by atoms with Crippen LogP contribution in [0.2, 0.25) is 0 Å². The Kier molecular flexibility index (Phi) is 3.55. The lowest BCUT2D eigenvalue weighted by molar-refractivity contribution is 0.690. The molecular formula is C27H23N. The first-order valence-electron chi connectivity index (χ1n) is 10.4. The molecule has 0 saturated carbocycles. The molecule has 0 unspecified atom stereocenters. The van der Waals surface area contributed by atoms with Crippen LogP contribution in [0.25, 0.3) is 32.4 Å². The number of aromatic amines is 1. The summed E-state index contributed by atoms with van der Waals surface area (Å²) in [6, 6.07) is 25.0. The summed E-state index contributed by atoms with van der Waals surface area (Å²) in [5, 5.41) is 6.98. The summed E-state index contributed by atoms with van der Waals surface area (Å²) in [4.78, 5) is 3.31. The molecule has 0 atom stereocenters. The monoisotopic (exact) mass is 361 g/mol. The van der Waals surface area contributed by atoms with E-state index in [1.165, 1.54) is 69.3 Å². The lowest BCUT2D eigenvalue weighted by Gasteiger charge is -2.21. The van der Waals surface area contributed by atoms with Crippen LogP contribution in [0.5, 0.6) is 0 Å². The number of nitrogens with one attached hydrogen (secondary N) is 1. The van der Waals surface area contributed by atoms with Crippen molar-refractivity contribution in [3.63, 3.8) is 0 Å². The molecule has 5 aromatic rings. The van der Waals surface area contributed by atoms with E-state index < -0.39 is 0 Å². The molecule has 1 aliphatic carbocycles. The summed E-state index contributed by atoms with van der Waals surface area (Å²) in [6.07, 6.45) is 8.09. The Bertz CT molecular complexity index is 1340. The van der Waals surface area contributed by atoms with E-state index in [2.05, 4.69) is 71.7 Å². The van der Waals surface area contributed by atoms with Crippen molar-refractivity contribution in [2.45, 2.75) is 32.1 Å². The van der Waals surface area contributed by atoms with Crippen LogP contribution in [-0.4, -0.2) is 4.98 Å². The summed E-state index contributed by atoms with van der Waals surface area (Å²) in [7, 11) is 0. The maximum Gasteiger partial charge on any atom is 0.0454 e. The Morgan fingerprint density at radius 2 is 1.68 bits per heavy atom. The largest absolute Gasteiger partial charge is 0.361 e. The summed E-state index contributed by atoms with van der Waals surface area (Å²) in [5.41, 5.74) is 7.24. The van der Waals surface area contributed by atoms with E-state index in [1.54, 1.807) is 11.1 Å². The van der Waals surface area contributed by atoms with Crippen LogP contribution >= 0.6 is 0 Å². The van der Waals surface area contributed by atoms with Gasteiger partial charge in [-0.25, -0.2) is 0 Å². The molecule has 0 fully saturated rings. The lowest BCUT2D eigenvalue weighted by Crippen LogP contribution is -2.05. The minimum Gasteiger partial charge on any atom is -0.361 e. The van der Waals surface area contributed by atoms with Crippen molar-refractivity contribution in [2.24, 2.45) is 0 Å². The predicted molar refractivity (Wildman–Crippen MR) is 119 cm³/mol. The number of fused-ring (bicyclic) bond motifs is 6. The van der Waals surface area contributed by atoms with Gasteiger partial charge in [0.05, 0.1) is 0 Å². The maximum absolute atomic E-state index is 3.31. The smallest absolute Gasteiger partial charge is 0.0454 e. The summed E-state index contributed by atoms with van der Waals surface area (Å²) >= 11 is 0. The fraction of sp³-hybridized carbons (Fsp3) is 0.185. The standard InChI is InChI=1S/C27H23N/c1-4-8-24-19(5-1)10-11-25-23-7-3-2-6-20(23)17-22(27(24)25)16-18-9-12-26-21(15-18)13-14-28-26/h2-3,6-7,9-15,17,28H,1,4-5,8,16H2. The SMILES string of the molecule is c1ccc2c(c1)cc(Cc1ccc3[nH]ccc3c1)c1c3c(ccc12)CCCC3. The lowest BCUT2D eigenvalue weighted by atomic mass is 9.83. The number of rotatable bonds is 2. The second-order valence-electron chi connectivity index (χ2n) is 8.17. The highest BCUT2D eigenvalue weighted by atomic mass is 14.7. The van der Waals surface area contributed by atoms with Crippen LogP contribution < -0.4 is 0 Å². The molecule has 0 aliphatic heterocycles. The number of hydrogen-bond acceptors (Lipinski definition) is 0. The van der Waals surface area contributed by atoms with Gasteiger partial charge in [0.15, 0.2) is 0 Å². The third-order valence-corrected chi connectivity index (χ3v) is 6.45. The van der Waals surface area contributed by atoms with Gasteiger partial charge in [0, 0.05) is 11.7 Å². The summed E-state index contributed by atoms with van der Waals surface area (Å²) < 4.78 is 0. The van der Waals surface area contributed by atoms with E-state index in [0.717, 1.165) is 6.42 Å². The molecule has 0 spiro atoms. The third-order valence-electron chi connectivity index (χ3n) is 6.45. The van der Waals surface area contributed by atoms with Gasteiger partial charge in [-0.3, -0.25) is 0 Å². The molecule has 1 heterocycles. The van der Waals surface area contributed by atoms with E-state index >= 15 is 0 Å². The molecule has 0 amide bonds. The highest BCUT2D eigenvalue weighted by Gasteiger charge is 2.17. The second-order valence-corrected chi connectivity index (χ2v) is 8.17. The fourth-order valence-electron chi connectivity index (χ4n) is 5.12. The molecular weight excluding hydrogens is 338 g/mol. The number of aromatic nitrogens is 1. The van der Waals surface area contributed by atoms with E-state index in [1.807, 2.05) is 6.20 Å². The molecule has 1 aromatic heterocycles. The van der Waals surface area contributed by atoms with Crippen LogP contribution in [-0.2, 0) is 19.3 Å². The van der Waals surface area contributed by atoms with Crippen molar-refractivity contribution in [3.8, 4) is 0 Å². The quantitative estimate of drug-likeness (QED) is 0.328. The Hall–Kier alpha value is -3.06. The van der Waals surface area contributed by atoms with Gasteiger partial charge >= 0.3 is 0 Å². The Morgan fingerprint density at radius 1 is 0.750 bits per heavy atom. The van der Waals surface area contributed by atoms with Crippen molar-refractivity contribution in [3.05, 3.63) is 95.2 Å². The topological polar surface area (TPSA) is 15.8 Å². The minimum atomic E-state index is 0.985. The zero-order valence-electron chi connectivity index (χ0n) is 16.0. The molecule has 136 valence electrons. The maximum atomic E-state index is 3.31. The molecule has 4 aromatic carbocycles. The fourth-order valence-corrected chi connectivity index (χ4v) is 5.12. The molecule has 1 N–H and O–H groups in total. The molecule has 6 rings (SSSR count). The summed E-state index contributed by atoms with van der Waals surface area (Å²) in [6.45, 7) is 0. The normalized spacial score (nSPS) is 14.0. The molecule has 1 nitrogen and oxygen atoms in total. The first kappa shape index (κ1) is 15.9. The molecule has 0 saturated heterocycles. The highest BCUT2D eigenvalue weighted by molar-refractivity contribution is 6.10. The van der Waals surface area contributed by atoms with Crippen LogP contribution in [0.15, 0.2) is 72.9 Å². The van der Waals surface area contributed by atoms with E-state index in [4.69, 9.17) is 0 Å². The van der Waals surface area contributed by atoms with Gasteiger partial charge in [-0.05, 0) is 99.5 Å². The Labute approximate surface area is 165 Å². The number of H-pyrrole nitrogens is 1. The van der Waals surface area contributed by atoms with E-state index in [-0.39, 0.29) is 0 Å². The highest BCUT2D eigenvalue weighted by Crippen LogP contribution is 2.37. The van der Waals surface area contributed by atoms with Crippen LogP contribution in [0.4, 0.5) is 0 Å². The van der Waals surface area contributed by atoms with Crippen LogP contribution in [0, 0.1) is 0 Å². The van der Waals surface area contributed by atoms with Crippen LogP contribution in [0.1, 0.15) is 35.1 Å². The van der Waals surface area contributed by atoms with E-state index in [9.17, 15) is 0 Å². The third kappa shape index (κ3) is 2.46. The first-order chi connectivity index (χ1) is 13.9. The van der Waals surface area contributed by atoms with E-state index in [0.29, 0.717) is 0 Å². The van der Waals surface area contributed by atoms with Gasteiger partial charge < -0.3 is 4.98 Å². The minimum absolute atomic E-state index is 0.985. The van der Waals surface area contributed by atoms with Gasteiger partial charge in [0.2, 0.25) is 0 Å². The van der Waals surface area contributed by atoms with Crippen molar-refractivity contribution >= 4 is 32.4 Å². The summed E-state index contributed by atoms with van der Waals surface area (Å²) in [5.74, 6) is 0. The van der Waals surface area contributed by atoms with Gasteiger partial charge in [-0.1, -0.05) is 48.5 Å². The zero-order valence-corrected chi connectivity index (χ0v) is 16.0. The molecule has 1 heteroatoms. The Morgan fingerprint density at radius 3 is 2.68 bits per heavy atom. The number of hydrogen-bond donors (Lipinski definition) is 1. The number of aryl methyl sites for hydroxylation is 2. The molecule has 0 bridgehead atoms. The predicted octanol–water partition coefficient (Wildman–Crippen LogP) is 6.94. The second kappa shape index (κ2) is 6.24. The average molecular weight is 361 g/mol. The molecule has 1 aliphatic rings.